The van der Waals surface area contributed by atoms with E-state index < -0.39 is 5.91 Å². The molecule has 1 aliphatic heterocycles. The Bertz CT molecular complexity index is 1340. The Morgan fingerprint density at radius 3 is 2.79 bits per heavy atom. The maximum absolute atomic E-state index is 13.0. The number of nitrogen functional groups attached to an aromatic ring is 2. The number of rotatable bonds is 6. The van der Waals surface area contributed by atoms with Crippen LogP contribution in [0.5, 0.6) is 5.75 Å². The second kappa shape index (κ2) is 9.04. The van der Waals surface area contributed by atoms with Crippen LogP contribution in [0.1, 0.15) is 15.9 Å². The van der Waals surface area contributed by atoms with Gasteiger partial charge in [0.05, 0.1) is 54.0 Å². The first-order valence-corrected chi connectivity index (χ1v) is 10.9. The number of methoxy groups -OCH3 is 1. The van der Waals surface area contributed by atoms with Gasteiger partial charge in [-0.15, -0.1) is 0 Å². The summed E-state index contributed by atoms with van der Waals surface area (Å²) in [6, 6.07) is 9.17. The molecular formula is C23H26N8O3. The summed E-state index contributed by atoms with van der Waals surface area (Å²) in [7, 11) is 1.47. The van der Waals surface area contributed by atoms with E-state index in [4.69, 9.17) is 25.9 Å². The van der Waals surface area contributed by atoms with E-state index in [1.165, 1.54) is 24.8 Å². The van der Waals surface area contributed by atoms with E-state index in [1.54, 1.807) is 6.20 Å². The van der Waals surface area contributed by atoms with Crippen molar-refractivity contribution < 1.29 is 14.3 Å². The monoisotopic (exact) mass is 462 g/mol. The molecule has 1 amide bonds. The van der Waals surface area contributed by atoms with E-state index in [1.807, 2.05) is 6.07 Å². The summed E-state index contributed by atoms with van der Waals surface area (Å²) >= 11 is 0. The van der Waals surface area contributed by atoms with Crippen LogP contribution in [0.25, 0.3) is 22.6 Å². The number of ether oxygens (including phenoxy) is 2. The zero-order chi connectivity index (χ0) is 23.7. The van der Waals surface area contributed by atoms with Crippen LogP contribution in [-0.2, 0) is 11.3 Å². The molecule has 0 spiro atoms. The van der Waals surface area contributed by atoms with E-state index in [-0.39, 0.29) is 5.56 Å². The average Bonchev–Trinajstić information content (AvgIpc) is 3.47. The highest BCUT2D eigenvalue weighted by molar-refractivity contribution is 6.08. The molecular weight excluding hydrogens is 436 g/mol. The number of fused-ring (bicyclic) bond motifs is 1. The van der Waals surface area contributed by atoms with Gasteiger partial charge in [0.15, 0.2) is 11.5 Å². The highest BCUT2D eigenvalue weighted by Crippen LogP contribution is 2.30. The number of carbonyl (C=O) groups is 1. The van der Waals surface area contributed by atoms with E-state index >= 15 is 0 Å². The number of benzene rings is 2. The fourth-order valence-corrected chi connectivity index (χ4v) is 3.99. The molecule has 11 nitrogen and oxygen atoms in total. The topological polar surface area (TPSA) is 160 Å². The minimum absolute atomic E-state index is 0.263. The summed E-state index contributed by atoms with van der Waals surface area (Å²) in [6.45, 7) is 4.21. The summed E-state index contributed by atoms with van der Waals surface area (Å²) in [5.41, 5.74) is 16.5. The number of aromatic amines is 2. The standard InChI is InChI=1S/C23H26N8O3/c1-33-20-10-16(25)15(24)9-14(20)23(32)29-19-11-26-30-21(19)22-27-17-3-2-13(8-18(17)28-22)12-31-4-6-34-7-5-31/h2-3,8-11H,4-7,12,24-25H2,1H3,(H,26,30)(H,27,28)(H,29,32). The van der Waals surface area contributed by atoms with Gasteiger partial charge in [0.2, 0.25) is 0 Å². The van der Waals surface area contributed by atoms with E-state index in [0.29, 0.717) is 34.3 Å². The normalized spacial score (nSPS) is 14.4. The third-order valence-electron chi connectivity index (χ3n) is 5.82. The molecule has 2 aromatic heterocycles. The lowest BCUT2D eigenvalue weighted by Crippen LogP contribution is -2.35. The maximum atomic E-state index is 13.0. The Kier molecular flexibility index (Phi) is 5.78. The lowest BCUT2D eigenvalue weighted by Gasteiger charge is -2.26. The predicted molar refractivity (Wildman–Crippen MR) is 130 cm³/mol. The first-order valence-electron chi connectivity index (χ1n) is 10.9. The van der Waals surface area contributed by atoms with Crippen LogP contribution in [0.4, 0.5) is 17.1 Å². The lowest BCUT2D eigenvalue weighted by molar-refractivity contribution is 0.0342. The first-order chi connectivity index (χ1) is 16.5. The minimum Gasteiger partial charge on any atom is -0.496 e. The number of carbonyl (C=O) groups excluding carboxylic acids is 1. The molecule has 5 rings (SSSR count). The fourth-order valence-electron chi connectivity index (χ4n) is 3.99. The zero-order valence-corrected chi connectivity index (χ0v) is 18.7. The van der Waals surface area contributed by atoms with Gasteiger partial charge in [0, 0.05) is 31.9 Å². The molecule has 34 heavy (non-hydrogen) atoms. The number of hydrogen-bond donors (Lipinski definition) is 5. The fraction of sp³-hybridized carbons (Fsp3) is 0.261. The number of amides is 1. The number of H-pyrrole nitrogens is 2. The average molecular weight is 463 g/mol. The molecule has 0 radical (unpaired) electrons. The molecule has 11 heteroatoms. The van der Waals surface area contributed by atoms with Crippen LogP contribution in [0.2, 0.25) is 0 Å². The molecule has 0 unspecified atom stereocenters. The van der Waals surface area contributed by atoms with Crippen molar-refractivity contribution in [1.82, 2.24) is 25.1 Å². The number of imidazole rings is 1. The van der Waals surface area contributed by atoms with Crippen molar-refractivity contribution in [3.8, 4) is 17.3 Å². The van der Waals surface area contributed by atoms with E-state index in [2.05, 4.69) is 37.5 Å². The summed E-state index contributed by atoms with van der Waals surface area (Å²) in [6.07, 6.45) is 1.59. The van der Waals surface area contributed by atoms with Crippen molar-refractivity contribution in [2.45, 2.75) is 6.54 Å². The Morgan fingerprint density at radius 1 is 1.21 bits per heavy atom. The second-order valence-electron chi connectivity index (χ2n) is 8.11. The van der Waals surface area contributed by atoms with Crippen molar-refractivity contribution in [3.63, 3.8) is 0 Å². The summed E-state index contributed by atoms with van der Waals surface area (Å²) < 4.78 is 10.7. The Morgan fingerprint density at radius 2 is 2.00 bits per heavy atom. The Labute approximate surface area is 195 Å². The van der Waals surface area contributed by atoms with Gasteiger partial charge in [-0.2, -0.15) is 5.10 Å². The van der Waals surface area contributed by atoms with E-state index in [0.717, 1.165) is 43.9 Å². The highest BCUT2D eigenvalue weighted by Gasteiger charge is 2.20. The number of aromatic nitrogens is 4. The first kappa shape index (κ1) is 21.7. The highest BCUT2D eigenvalue weighted by atomic mass is 16.5. The number of nitrogens with one attached hydrogen (secondary N) is 3. The number of nitrogens with two attached hydrogens (primary N) is 2. The number of morpholine rings is 1. The van der Waals surface area contributed by atoms with Gasteiger partial charge in [0.25, 0.3) is 5.91 Å². The van der Waals surface area contributed by atoms with E-state index in [9.17, 15) is 4.79 Å². The van der Waals surface area contributed by atoms with Crippen LogP contribution >= 0.6 is 0 Å². The quantitative estimate of drug-likeness (QED) is 0.273. The molecule has 4 aromatic rings. The lowest BCUT2D eigenvalue weighted by atomic mass is 10.1. The van der Waals surface area contributed by atoms with Gasteiger partial charge in [-0.25, -0.2) is 4.98 Å². The predicted octanol–water partition coefficient (Wildman–Crippen LogP) is 2.21. The molecule has 2 aromatic carbocycles. The van der Waals surface area contributed by atoms with Gasteiger partial charge in [-0.3, -0.25) is 14.8 Å². The largest absolute Gasteiger partial charge is 0.496 e. The molecule has 1 aliphatic rings. The summed E-state index contributed by atoms with van der Waals surface area (Å²) in [4.78, 5) is 23.3. The molecule has 0 saturated carbocycles. The molecule has 0 aliphatic carbocycles. The van der Waals surface area contributed by atoms with Crippen LogP contribution in [0, 0.1) is 0 Å². The molecule has 3 heterocycles. The van der Waals surface area contributed by atoms with Crippen LogP contribution in [0.3, 0.4) is 0 Å². The van der Waals surface area contributed by atoms with Gasteiger partial charge in [0.1, 0.15) is 5.75 Å². The zero-order valence-electron chi connectivity index (χ0n) is 18.7. The second-order valence-corrected chi connectivity index (χ2v) is 8.11. The van der Waals surface area contributed by atoms with Crippen molar-refractivity contribution in [1.29, 1.82) is 0 Å². The van der Waals surface area contributed by atoms with Crippen molar-refractivity contribution in [2.75, 3.05) is 50.2 Å². The number of anilines is 3. The van der Waals surface area contributed by atoms with Gasteiger partial charge in [-0.05, 0) is 23.8 Å². The van der Waals surface area contributed by atoms with Crippen molar-refractivity contribution >= 4 is 34.0 Å². The Balaban J connectivity index is 1.39. The van der Waals surface area contributed by atoms with Crippen molar-refractivity contribution in [2.24, 2.45) is 0 Å². The number of nitrogens with zero attached hydrogens (tertiary/aromatic N) is 3. The summed E-state index contributed by atoms with van der Waals surface area (Å²) in [5, 5.41) is 9.93. The minimum atomic E-state index is -0.407. The van der Waals surface area contributed by atoms with Crippen LogP contribution < -0.4 is 21.5 Å². The third-order valence-corrected chi connectivity index (χ3v) is 5.82. The molecule has 1 fully saturated rings. The molecule has 7 N–H and O–H groups in total. The van der Waals surface area contributed by atoms with Gasteiger partial charge in [-0.1, -0.05) is 6.07 Å². The van der Waals surface area contributed by atoms with Crippen LogP contribution in [0.15, 0.2) is 36.5 Å². The van der Waals surface area contributed by atoms with Crippen molar-refractivity contribution in [3.05, 3.63) is 47.7 Å². The molecule has 0 atom stereocenters. The molecule has 1 saturated heterocycles. The maximum Gasteiger partial charge on any atom is 0.259 e. The SMILES string of the molecule is COc1cc(N)c(N)cc1C(=O)Nc1c[nH]nc1-c1nc2cc(CN3CCOCC3)ccc2[nH]1. The van der Waals surface area contributed by atoms with Crippen LogP contribution in [-0.4, -0.2) is 64.4 Å². The molecule has 176 valence electrons. The number of hydrogen-bond acceptors (Lipinski definition) is 8. The third kappa shape index (κ3) is 4.26. The van der Waals surface area contributed by atoms with Gasteiger partial charge >= 0.3 is 0 Å². The Hall–Kier alpha value is -4.09. The summed E-state index contributed by atoms with van der Waals surface area (Å²) in [5.74, 6) is 0.458. The molecule has 0 bridgehead atoms. The smallest absolute Gasteiger partial charge is 0.259 e. The van der Waals surface area contributed by atoms with Gasteiger partial charge < -0.3 is 31.2 Å².